The smallest absolute Gasteiger partial charge is 0.267 e. The van der Waals surface area contributed by atoms with Gasteiger partial charge in [0.2, 0.25) is 5.91 Å². The molecule has 41 heavy (non-hydrogen) atoms. The van der Waals surface area contributed by atoms with E-state index in [2.05, 4.69) is 19.2 Å². The van der Waals surface area contributed by atoms with Crippen LogP contribution in [0.2, 0.25) is 0 Å². The number of carbonyl (C=O) groups excluding carboxylic acids is 1. The molecule has 2 unspecified atom stereocenters. The number of aliphatic hydroxyl groups excluding tert-OH is 1. The van der Waals surface area contributed by atoms with E-state index in [9.17, 15) is 22.9 Å². The molecule has 0 radical (unpaired) electrons. The Kier molecular flexibility index (Phi) is 28.5. The first kappa shape index (κ1) is 40.1. The molecule has 0 spiro atoms. The van der Waals surface area contributed by atoms with E-state index in [0.717, 1.165) is 38.5 Å². The van der Waals surface area contributed by atoms with Gasteiger partial charge in [-0.2, -0.15) is 8.42 Å². The number of carbonyl (C=O) groups is 1. The highest BCUT2D eigenvalue weighted by atomic mass is 32.2. The normalized spacial score (nSPS) is 13.6. The average molecular weight is 602 g/mol. The van der Waals surface area contributed by atoms with Gasteiger partial charge in [-0.05, 0) is 19.3 Å². The molecular weight excluding hydrogens is 534 g/mol. The van der Waals surface area contributed by atoms with Gasteiger partial charge in [0.05, 0.1) is 17.9 Å². The number of hydrogen-bond donors (Lipinski definition) is 3. The van der Waals surface area contributed by atoms with Crippen molar-refractivity contribution in [3.8, 4) is 0 Å². The van der Waals surface area contributed by atoms with Crippen molar-refractivity contribution in [1.82, 2.24) is 5.32 Å². The van der Waals surface area contributed by atoms with Gasteiger partial charge in [-0.3, -0.25) is 9.35 Å². The zero-order valence-electron chi connectivity index (χ0n) is 26.9. The number of hydrogen-bond acceptors (Lipinski definition) is 4. The summed E-state index contributed by atoms with van der Waals surface area (Å²) in [6, 6.07) is -1.05. The van der Waals surface area contributed by atoms with Crippen LogP contribution < -0.4 is 5.32 Å². The Morgan fingerprint density at radius 3 is 1.39 bits per heavy atom. The standard InChI is InChI=1S/C34H67NO5S/c1-3-5-7-9-11-13-15-17-18-20-22-24-26-28-30-34(37)35-32(31-41(38,39)40)33(36)29-27-25-23-21-19-16-14-12-10-8-6-4-2/h27,29,32-33,36H,3-26,28,30-31H2,1-2H3,(H,35,37)(H,38,39,40)/b29-27+. The summed E-state index contributed by atoms with van der Waals surface area (Å²) in [5.41, 5.74) is 0. The average Bonchev–Trinajstić information content (AvgIpc) is 2.92. The molecule has 0 aliphatic rings. The van der Waals surface area contributed by atoms with E-state index in [0.29, 0.717) is 6.42 Å². The van der Waals surface area contributed by atoms with E-state index < -0.39 is 28.0 Å². The van der Waals surface area contributed by atoms with E-state index in [1.165, 1.54) is 122 Å². The number of nitrogens with one attached hydrogen (secondary N) is 1. The molecule has 6 nitrogen and oxygen atoms in total. The zero-order chi connectivity index (χ0) is 30.4. The summed E-state index contributed by atoms with van der Waals surface area (Å²) in [4.78, 5) is 12.4. The highest BCUT2D eigenvalue weighted by molar-refractivity contribution is 7.85. The minimum atomic E-state index is -4.33. The lowest BCUT2D eigenvalue weighted by Gasteiger charge is -2.21. The highest BCUT2D eigenvalue weighted by Crippen LogP contribution is 2.14. The minimum absolute atomic E-state index is 0.278. The van der Waals surface area contributed by atoms with Gasteiger partial charge in [0.1, 0.15) is 0 Å². The summed E-state index contributed by atoms with van der Waals surface area (Å²) < 4.78 is 32.3. The maximum absolute atomic E-state index is 12.4. The van der Waals surface area contributed by atoms with Gasteiger partial charge in [0.25, 0.3) is 10.1 Å². The van der Waals surface area contributed by atoms with Crippen LogP contribution in [-0.2, 0) is 14.9 Å². The van der Waals surface area contributed by atoms with Gasteiger partial charge in [0, 0.05) is 6.42 Å². The van der Waals surface area contributed by atoms with E-state index >= 15 is 0 Å². The Hall–Kier alpha value is -0.920. The first-order valence-electron chi connectivity index (χ1n) is 17.4. The molecule has 0 rings (SSSR count). The fourth-order valence-electron chi connectivity index (χ4n) is 5.33. The Balaban J connectivity index is 3.99. The van der Waals surface area contributed by atoms with Crippen molar-refractivity contribution in [2.45, 2.75) is 193 Å². The van der Waals surface area contributed by atoms with Crippen LogP contribution in [0.5, 0.6) is 0 Å². The van der Waals surface area contributed by atoms with E-state index in [4.69, 9.17) is 0 Å². The van der Waals surface area contributed by atoms with E-state index in [-0.39, 0.29) is 5.91 Å². The topological polar surface area (TPSA) is 104 Å². The molecule has 3 N–H and O–H groups in total. The highest BCUT2D eigenvalue weighted by Gasteiger charge is 2.24. The van der Waals surface area contributed by atoms with Crippen LogP contribution in [0.15, 0.2) is 12.2 Å². The summed E-state index contributed by atoms with van der Waals surface area (Å²) in [6.07, 6.45) is 33.3. The summed E-state index contributed by atoms with van der Waals surface area (Å²) in [6.45, 7) is 4.49. The molecule has 1 amide bonds. The van der Waals surface area contributed by atoms with Gasteiger partial charge < -0.3 is 10.4 Å². The second kappa shape index (κ2) is 29.2. The molecule has 0 fully saturated rings. The molecule has 2 atom stereocenters. The fourth-order valence-corrected chi connectivity index (χ4v) is 6.07. The first-order valence-corrected chi connectivity index (χ1v) is 19.0. The minimum Gasteiger partial charge on any atom is -0.387 e. The number of rotatable bonds is 31. The van der Waals surface area contributed by atoms with Gasteiger partial charge in [-0.1, -0.05) is 167 Å². The van der Waals surface area contributed by atoms with Crippen molar-refractivity contribution in [3.05, 3.63) is 12.2 Å². The Labute approximate surface area is 254 Å². The predicted octanol–water partition coefficient (Wildman–Crippen LogP) is 9.46. The second-order valence-corrected chi connectivity index (χ2v) is 13.7. The quantitative estimate of drug-likeness (QED) is 0.0417. The van der Waals surface area contributed by atoms with Gasteiger partial charge in [0.15, 0.2) is 0 Å². The molecule has 0 heterocycles. The number of amides is 1. The predicted molar refractivity (Wildman–Crippen MR) is 175 cm³/mol. The third kappa shape index (κ3) is 30.3. The number of allylic oxidation sites excluding steroid dienone is 1. The summed E-state index contributed by atoms with van der Waals surface area (Å²) in [5.74, 6) is -0.971. The zero-order valence-corrected chi connectivity index (χ0v) is 27.7. The van der Waals surface area contributed by atoms with Crippen molar-refractivity contribution in [2.24, 2.45) is 0 Å². The van der Waals surface area contributed by atoms with E-state index in [1.807, 2.05) is 6.08 Å². The monoisotopic (exact) mass is 601 g/mol. The van der Waals surface area contributed by atoms with Gasteiger partial charge in [-0.15, -0.1) is 0 Å². The second-order valence-electron chi connectivity index (χ2n) is 12.2. The first-order chi connectivity index (χ1) is 19.8. The SMILES string of the molecule is CCCCCCCCCCCC/C=C/C(O)C(CS(=O)(=O)O)NC(=O)CCCCCCCCCCCCCCCC. The molecular formula is C34H67NO5S. The van der Waals surface area contributed by atoms with Gasteiger partial charge >= 0.3 is 0 Å². The van der Waals surface area contributed by atoms with E-state index in [1.54, 1.807) is 6.08 Å². The molecule has 0 saturated carbocycles. The number of aliphatic hydroxyl groups is 1. The van der Waals surface area contributed by atoms with Crippen LogP contribution in [0.25, 0.3) is 0 Å². The molecule has 0 aromatic carbocycles. The van der Waals surface area contributed by atoms with Crippen molar-refractivity contribution < 1.29 is 22.9 Å². The molecule has 0 aliphatic carbocycles. The van der Waals surface area contributed by atoms with Crippen LogP contribution in [0.3, 0.4) is 0 Å². The van der Waals surface area contributed by atoms with Crippen molar-refractivity contribution in [3.63, 3.8) is 0 Å². The number of unbranched alkanes of at least 4 members (excludes halogenated alkanes) is 23. The summed E-state index contributed by atoms with van der Waals surface area (Å²) in [7, 11) is -4.33. The fraction of sp³-hybridized carbons (Fsp3) is 0.912. The lowest BCUT2D eigenvalue weighted by molar-refractivity contribution is -0.122. The van der Waals surface area contributed by atoms with Gasteiger partial charge in [-0.25, -0.2) is 0 Å². The Bertz CT molecular complexity index is 710. The largest absolute Gasteiger partial charge is 0.387 e. The molecule has 0 aliphatic heterocycles. The molecule has 0 saturated heterocycles. The molecule has 0 aromatic rings. The van der Waals surface area contributed by atoms with Crippen molar-refractivity contribution in [2.75, 3.05) is 5.75 Å². The Morgan fingerprint density at radius 1 is 0.634 bits per heavy atom. The summed E-state index contributed by atoms with van der Waals surface area (Å²) in [5, 5.41) is 13.1. The molecule has 244 valence electrons. The third-order valence-corrected chi connectivity index (χ3v) is 8.74. The van der Waals surface area contributed by atoms with Crippen LogP contribution in [-0.4, -0.2) is 41.9 Å². The maximum atomic E-state index is 12.4. The van der Waals surface area contributed by atoms with Crippen molar-refractivity contribution in [1.29, 1.82) is 0 Å². The van der Waals surface area contributed by atoms with Crippen LogP contribution in [0, 0.1) is 0 Å². The Morgan fingerprint density at radius 2 is 1.00 bits per heavy atom. The molecule has 0 aromatic heterocycles. The summed E-state index contributed by atoms with van der Waals surface area (Å²) >= 11 is 0. The third-order valence-electron chi connectivity index (χ3n) is 7.96. The lowest BCUT2D eigenvalue weighted by atomic mass is 10.0. The van der Waals surface area contributed by atoms with Crippen molar-refractivity contribution >= 4 is 16.0 Å². The molecule has 0 bridgehead atoms. The lowest BCUT2D eigenvalue weighted by Crippen LogP contribution is -2.46. The van der Waals surface area contributed by atoms with Crippen LogP contribution >= 0.6 is 0 Å². The van der Waals surface area contributed by atoms with Crippen LogP contribution in [0.4, 0.5) is 0 Å². The van der Waals surface area contributed by atoms with Crippen LogP contribution in [0.1, 0.15) is 181 Å². The maximum Gasteiger partial charge on any atom is 0.267 e. The molecule has 7 heteroatoms.